The molecule has 2 unspecified atom stereocenters. The van der Waals surface area contributed by atoms with E-state index in [0.29, 0.717) is 5.54 Å². The molecule has 3 fully saturated rings. The summed E-state index contributed by atoms with van der Waals surface area (Å²) in [4.78, 5) is 5.20. The van der Waals surface area contributed by atoms with Crippen molar-refractivity contribution < 1.29 is 0 Å². The maximum absolute atomic E-state index is 3.77. The van der Waals surface area contributed by atoms with Crippen LogP contribution < -0.4 is 5.32 Å². The van der Waals surface area contributed by atoms with Crippen molar-refractivity contribution in [2.75, 3.05) is 46.3 Å². The van der Waals surface area contributed by atoms with Gasteiger partial charge in [-0.05, 0) is 51.6 Å². The molecule has 2 atom stereocenters. The van der Waals surface area contributed by atoms with Crippen LogP contribution >= 0.6 is 0 Å². The maximum atomic E-state index is 3.77. The van der Waals surface area contributed by atoms with Crippen LogP contribution in [0.4, 0.5) is 0 Å². The van der Waals surface area contributed by atoms with E-state index in [1.165, 1.54) is 58.5 Å². The van der Waals surface area contributed by atoms with E-state index in [9.17, 15) is 0 Å². The summed E-state index contributed by atoms with van der Waals surface area (Å²) in [6.07, 6.45) is 4.30. The van der Waals surface area contributed by atoms with Crippen LogP contribution in [0, 0.1) is 11.8 Å². The van der Waals surface area contributed by atoms with Crippen molar-refractivity contribution in [3.8, 4) is 0 Å². The highest BCUT2D eigenvalue weighted by Gasteiger charge is 2.44. The van der Waals surface area contributed by atoms with Crippen LogP contribution in [0.3, 0.4) is 0 Å². The molecule has 3 nitrogen and oxygen atoms in total. The smallest absolute Gasteiger partial charge is 0.0309 e. The number of nitrogens with one attached hydrogen (secondary N) is 1. The third-order valence-corrected chi connectivity index (χ3v) is 4.99. The fourth-order valence-electron chi connectivity index (χ4n) is 3.79. The first-order valence-corrected chi connectivity index (χ1v) is 7.32. The Kier molecular flexibility index (Phi) is 3.18. The first kappa shape index (κ1) is 11.9. The molecular weight excluding hydrogens is 210 g/mol. The monoisotopic (exact) mass is 237 g/mol. The van der Waals surface area contributed by atoms with Crippen LogP contribution in [-0.4, -0.2) is 61.7 Å². The SMILES string of the molecule is CN1CCC(CN2CCNC(C)(C3CC3)C2)C1. The molecule has 0 aromatic carbocycles. The topological polar surface area (TPSA) is 18.5 Å². The van der Waals surface area contributed by atoms with E-state index >= 15 is 0 Å². The molecule has 3 rings (SSSR count). The Morgan fingerprint density at radius 3 is 2.71 bits per heavy atom. The highest BCUT2D eigenvalue weighted by Crippen LogP contribution is 2.40. The molecule has 1 aliphatic carbocycles. The Morgan fingerprint density at radius 1 is 1.24 bits per heavy atom. The highest BCUT2D eigenvalue weighted by molar-refractivity contribution is 5.02. The average molecular weight is 237 g/mol. The molecule has 0 aromatic heterocycles. The molecule has 3 aliphatic rings. The molecular formula is C14H27N3. The molecule has 1 saturated carbocycles. The first-order valence-electron chi connectivity index (χ1n) is 7.32. The standard InChI is InChI=1S/C14H27N3/c1-14(13-3-4-13)11-17(8-6-15-14)10-12-5-7-16(2)9-12/h12-13,15H,3-11H2,1-2H3. The number of nitrogens with zero attached hydrogens (tertiary/aromatic N) is 2. The molecule has 0 bridgehead atoms. The molecule has 0 spiro atoms. The minimum absolute atomic E-state index is 0.419. The van der Waals surface area contributed by atoms with Crippen molar-refractivity contribution in [3.05, 3.63) is 0 Å². The summed E-state index contributed by atoms with van der Waals surface area (Å²) in [5, 5.41) is 3.77. The van der Waals surface area contributed by atoms with Gasteiger partial charge in [0.15, 0.2) is 0 Å². The second kappa shape index (κ2) is 4.52. The van der Waals surface area contributed by atoms with Crippen LogP contribution in [0.1, 0.15) is 26.2 Å². The maximum Gasteiger partial charge on any atom is 0.0309 e. The van der Waals surface area contributed by atoms with Crippen molar-refractivity contribution in [2.45, 2.75) is 31.7 Å². The van der Waals surface area contributed by atoms with Gasteiger partial charge in [-0.3, -0.25) is 4.90 Å². The minimum Gasteiger partial charge on any atom is -0.309 e. The first-order chi connectivity index (χ1) is 8.16. The lowest BCUT2D eigenvalue weighted by Gasteiger charge is -2.42. The summed E-state index contributed by atoms with van der Waals surface area (Å²) in [6, 6.07) is 0. The summed E-state index contributed by atoms with van der Waals surface area (Å²) in [5.41, 5.74) is 0.419. The number of likely N-dealkylation sites (tertiary alicyclic amines) is 1. The van der Waals surface area contributed by atoms with Gasteiger partial charge in [-0.15, -0.1) is 0 Å². The van der Waals surface area contributed by atoms with Gasteiger partial charge < -0.3 is 10.2 Å². The zero-order valence-corrected chi connectivity index (χ0v) is 11.4. The number of hydrogen-bond donors (Lipinski definition) is 1. The van der Waals surface area contributed by atoms with E-state index in [-0.39, 0.29) is 0 Å². The normalized spacial score (nSPS) is 40.9. The van der Waals surface area contributed by atoms with Crippen LogP contribution in [0.2, 0.25) is 0 Å². The summed E-state index contributed by atoms with van der Waals surface area (Å²) < 4.78 is 0. The molecule has 2 saturated heterocycles. The fraction of sp³-hybridized carbons (Fsp3) is 1.00. The van der Waals surface area contributed by atoms with Gasteiger partial charge >= 0.3 is 0 Å². The number of hydrogen-bond acceptors (Lipinski definition) is 3. The van der Waals surface area contributed by atoms with Gasteiger partial charge in [-0.2, -0.15) is 0 Å². The van der Waals surface area contributed by atoms with Gasteiger partial charge in [-0.25, -0.2) is 0 Å². The predicted molar refractivity (Wildman–Crippen MR) is 71.2 cm³/mol. The lowest BCUT2D eigenvalue weighted by Crippen LogP contribution is -2.60. The zero-order valence-electron chi connectivity index (χ0n) is 11.4. The van der Waals surface area contributed by atoms with E-state index in [0.717, 1.165) is 11.8 Å². The van der Waals surface area contributed by atoms with Gasteiger partial charge in [0.25, 0.3) is 0 Å². The third kappa shape index (κ3) is 2.67. The Labute approximate surface area is 106 Å². The second-order valence-corrected chi connectivity index (χ2v) is 6.77. The van der Waals surface area contributed by atoms with E-state index < -0.39 is 0 Å². The van der Waals surface area contributed by atoms with Gasteiger partial charge in [-0.1, -0.05) is 0 Å². The van der Waals surface area contributed by atoms with E-state index in [1.54, 1.807) is 0 Å². The van der Waals surface area contributed by atoms with E-state index in [4.69, 9.17) is 0 Å². The van der Waals surface area contributed by atoms with Crippen LogP contribution in [0.5, 0.6) is 0 Å². The van der Waals surface area contributed by atoms with E-state index in [1.807, 2.05) is 0 Å². The third-order valence-electron chi connectivity index (χ3n) is 4.99. The summed E-state index contributed by atoms with van der Waals surface area (Å²) in [7, 11) is 2.26. The van der Waals surface area contributed by atoms with E-state index in [2.05, 4.69) is 29.1 Å². The van der Waals surface area contributed by atoms with Crippen molar-refractivity contribution in [1.82, 2.24) is 15.1 Å². The second-order valence-electron chi connectivity index (χ2n) is 6.77. The predicted octanol–water partition coefficient (Wildman–Crippen LogP) is 1.01. The molecule has 0 amide bonds. The van der Waals surface area contributed by atoms with Crippen LogP contribution in [-0.2, 0) is 0 Å². The number of piperazine rings is 1. The van der Waals surface area contributed by atoms with Gasteiger partial charge in [0.1, 0.15) is 0 Å². The van der Waals surface area contributed by atoms with Crippen molar-refractivity contribution >= 4 is 0 Å². The molecule has 0 radical (unpaired) electrons. The van der Waals surface area contributed by atoms with Crippen molar-refractivity contribution in [3.63, 3.8) is 0 Å². The number of rotatable bonds is 3. The average Bonchev–Trinajstić information content (AvgIpc) is 3.05. The molecule has 2 heterocycles. The molecule has 3 heteroatoms. The largest absolute Gasteiger partial charge is 0.309 e. The van der Waals surface area contributed by atoms with Gasteiger partial charge in [0, 0.05) is 38.3 Å². The summed E-state index contributed by atoms with van der Waals surface area (Å²) in [5.74, 6) is 1.87. The van der Waals surface area contributed by atoms with Crippen LogP contribution in [0.25, 0.3) is 0 Å². The Morgan fingerprint density at radius 2 is 2.06 bits per heavy atom. The Balaban J connectivity index is 1.53. The molecule has 0 aromatic rings. The highest BCUT2D eigenvalue weighted by atomic mass is 15.2. The van der Waals surface area contributed by atoms with Crippen molar-refractivity contribution in [2.24, 2.45) is 11.8 Å². The summed E-state index contributed by atoms with van der Waals surface area (Å²) in [6.45, 7) is 10.1. The quantitative estimate of drug-likeness (QED) is 0.790. The van der Waals surface area contributed by atoms with Gasteiger partial charge in [0.2, 0.25) is 0 Å². The Bertz CT molecular complexity index is 277. The lowest BCUT2D eigenvalue weighted by atomic mass is 9.92. The Hall–Kier alpha value is -0.120. The van der Waals surface area contributed by atoms with Crippen molar-refractivity contribution in [1.29, 1.82) is 0 Å². The minimum atomic E-state index is 0.419. The molecule has 2 aliphatic heterocycles. The lowest BCUT2D eigenvalue weighted by molar-refractivity contribution is 0.112. The molecule has 1 N–H and O–H groups in total. The summed E-state index contributed by atoms with van der Waals surface area (Å²) >= 11 is 0. The van der Waals surface area contributed by atoms with Gasteiger partial charge in [0.05, 0.1) is 0 Å². The zero-order chi connectivity index (χ0) is 11.9. The fourth-order valence-corrected chi connectivity index (χ4v) is 3.79. The molecule has 98 valence electrons. The van der Waals surface area contributed by atoms with Crippen LogP contribution in [0.15, 0.2) is 0 Å². The molecule has 17 heavy (non-hydrogen) atoms.